The fourth-order valence-corrected chi connectivity index (χ4v) is 2.43. The highest BCUT2D eigenvalue weighted by molar-refractivity contribution is 7.99. The van der Waals surface area contributed by atoms with Crippen molar-refractivity contribution in [3.05, 3.63) is 41.7 Å². The molecule has 0 aliphatic heterocycles. The van der Waals surface area contributed by atoms with Crippen molar-refractivity contribution in [1.82, 2.24) is 15.0 Å². The molecule has 0 saturated carbocycles. The van der Waals surface area contributed by atoms with Crippen LogP contribution < -0.4 is 0 Å². The third-order valence-corrected chi connectivity index (χ3v) is 3.31. The molecule has 0 spiro atoms. The first-order valence-electron chi connectivity index (χ1n) is 5.48. The number of benzene rings is 1. The predicted molar refractivity (Wildman–Crippen MR) is 68.9 cm³/mol. The van der Waals surface area contributed by atoms with Gasteiger partial charge < -0.3 is 5.11 Å². The van der Waals surface area contributed by atoms with Crippen molar-refractivity contribution in [2.24, 2.45) is 0 Å². The van der Waals surface area contributed by atoms with Crippen molar-refractivity contribution in [3.63, 3.8) is 0 Å². The quantitative estimate of drug-likeness (QED) is 0.836. The molecule has 0 amide bonds. The zero-order valence-electron chi connectivity index (χ0n) is 9.91. The molecule has 0 fully saturated rings. The van der Waals surface area contributed by atoms with Gasteiger partial charge in [0.2, 0.25) is 0 Å². The summed E-state index contributed by atoms with van der Waals surface area (Å²) in [5, 5.41) is 16.0. The number of nitrogens with zero attached hydrogens (tertiary/aromatic N) is 3. The smallest absolute Gasteiger partial charge is 0.358 e. The van der Waals surface area contributed by atoms with Gasteiger partial charge in [0.15, 0.2) is 5.69 Å². The molecule has 1 N–H and O–H groups in total. The molecule has 94 valence electrons. The molecule has 0 aliphatic carbocycles. The number of carboxylic acids is 1. The van der Waals surface area contributed by atoms with Crippen molar-refractivity contribution in [1.29, 1.82) is 0 Å². The number of hydrogen-bond donors (Lipinski definition) is 1. The first kappa shape index (κ1) is 12.6. The highest BCUT2D eigenvalue weighted by Gasteiger charge is 2.07. The SMILES string of the molecule is Cc1cccc(SCCn2cc(C(=O)O)nn2)c1. The Labute approximate surface area is 109 Å². The van der Waals surface area contributed by atoms with E-state index >= 15 is 0 Å². The lowest BCUT2D eigenvalue weighted by Gasteiger charge is -2.02. The molecule has 0 saturated heterocycles. The summed E-state index contributed by atoms with van der Waals surface area (Å²) in [7, 11) is 0. The van der Waals surface area contributed by atoms with Crippen LogP contribution >= 0.6 is 11.8 Å². The Balaban J connectivity index is 1.86. The second-order valence-electron chi connectivity index (χ2n) is 3.84. The van der Waals surface area contributed by atoms with Crippen molar-refractivity contribution in [2.75, 3.05) is 5.75 Å². The van der Waals surface area contributed by atoms with E-state index in [2.05, 4.69) is 35.4 Å². The van der Waals surface area contributed by atoms with E-state index in [1.807, 2.05) is 6.07 Å². The minimum atomic E-state index is -1.05. The molecular weight excluding hydrogens is 250 g/mol. The molecule has 1 aromatic carbocycles. The van der Waals surface area contributed by atoms with Gasteiger partial charge in [0.25, 0.3) is 0 Å². The topological polar surface area (TPSA) is 68.0 Å². The second-order valence-corrected chi connectivity index (χ2v) is 5.01. The average Bonchev–Trinajstić information content (AvgIpc) is 2.78. The first-order chi connectivity index (χ1) is 8.65. The van der Waals surface area contributed by atoms with Crippen molar-refractivity contribution < 1.29 is 9.90 Å². The molecule has 2 rings (SSSR count). The lowest BCUT2D eigenvalue weighted by atomic mass is 10.2. The van der Waals surface area contributed by atoms with Gasteiger partial charge in [-0.2, -0.15) is 0 Å². The Morgan fingerprint density at radius 1 is 1.50 bits per heavy atom. The van der Waals surface area contributed by atoms with Gasteiger partial charge in [0.1, 0.15) is 0 Å². The summed E-state index contributed by atoms with van der Waals surface area (Å²) in [5.74, 6) is -0.223. The lowest BCUT2D eigenvalue weighted by molar-refractivity contribution is 0.0690. The maximum atomic E-state index is 10.6. The summed E-state index contributed by atoms with van der Waals surface area (Å²) in [5.41, 5.74) is 1.21. The Hall–Kier alpha value is -1.82. The van der Waals surface area contributed by atoms with Gasteiger partial charge in [-0.3, -0.25) is 4.68 Å². The van der Waals surface area contributed by atoms with Gasteiger partial charge in [-0.25, -0.2) is 4.79 Å². The largest absolute Gasteiger partial charge is 0.476 e. The predicted octanol–water partition coefficient (Wildman–Crippen LogP) is 2.08. The molecule has 5 nitrogen and oxygen atoms in total. The summed E-state index contributed by atoms with van der Waals surface area (Å²) in [4.78, 5) is 11.8. The summed E-state index contributed by atoms with van der Waals surface area (Å²) in [6.07, 6.45) is 1.44. The van der Waals surface area contributed by atoms with E-state index in [1.54, 1.807) is 16.4 Å². The van der Waals surface area contributed by atoms with Gasteiger partial charge in [0.05, 0.1) is 12.7 Å². The second kappa shape index (κ2) is 5.68. The maximum absolute atomic E-state index is 10.6. The third-order valence-electron chi connectivity index (χ3n) is 2.34. The molecule has 0 bridgehead atoms. The van der Waals surface area contributed by atoms with Crippen molar-refractivity contribution in [2.45, 2.75) is 18.4 Å². The Kier molecular flexibility index (Phi) is 3.99. The number of aryl methyl sites for hydroxylation is 2. The molecule has 6 heteroatoms. The summed E-state index contributed by atoms with van der Waals surface area (Å²) >= 11 is 1.71. The molecule has 0 aliphatic rings. The summed E-state index contributed by atoms with van der Waals surface area (Å²) in [6.45, 7) is 2.69. The van der Waals surface area contributed by atoms with Crippen molar-refractivity contribution in [3.8, 4) is 0 Å². The van der Waals surface area contributed by atoms with Gasteiger partial charge >= 0.3 is 5.97 Å². The molecule has 1 aromatic heterocycles. The minimum Gasteiger partial charge on any atom is -0.476 e. The van der Waals surface area contributed by atoms with Crippen molar-refractivity contribution >= 4 is 17.7 Å². The summed E-state index contributed by atoms with van der Waals surface area (Å²) in [6, 6.07) is 8.26. The molecule has 0 atom stereocenters. The van der Waals surface area contributed by atoms with Crippen LogP contribution in [-0.2, 0) is 6.54 Å². The monoisotopic (exact) mass is 263 g/mol. The highest BCUT2D eigenvalue weighted by Crippen LogP contribution is 2.18. The number of thioether (sulfide) groups is 1. The summed E-state index contributed by atoms with van der Waals surface area (Å²) < 4.78 is 1.55. The number of aromatic carboxylic acids is 1. The van der Waals surface area contributed by atoms with E-state index < -0.39 is 5.97 Å². The number of rotatable bonds is 5. The standard InChI is InChI=1S/C12H13N3O2S/c1-9-3-2-4-10(7-9)18-6-5-15-8-11(12(16)17)13-14-15/h2-4,7-8H,5-6H2,1H3,(H,16,17). The third kappa shape index (κ3) is 3.33. The number of carboxylic acid groups (broad SMARTS) is 1. The molecule has 1 heterocycles. The fraction of sp³-hybridized carbons (Fsp3) is 0.250. The molecule has 2 aromatic rings. The van der Waals surface area contributed by atoms with E-state index in [9.17, 15) is 4.79 Å². The lowest BCUT2D eigenvalue weighted by Crippen LogP contribution is -2.01. The van der Waals surface area contributed by atoms with Crippen LogP contribution in [0, 0.1) is 6.92 Å². The van der Waals surface area contributed by atoms with Crippen LogP contribution in [0.1, 0.15) is 16.1 Å². The van der Waals surface area contributed by atoms with Gasteiger partial charge in [-0.05, 0) is 19.1 Å². The van der Waals surface area contributed by atoms with Gasteiger partial charge in [-0.1, -0.05) is 22.9 Å². The number of carbonyl (C=O) groups is 1. The van der Waals surface area contributed by atoms with E-state index in [0.29, 0.717) is 6.54 Å². The Bertz CT molecular complexity index is 554. The van der Waals surface area contributed by atoms with Gasteiger partial charge in [-0.15, -0.1) is 16.9 Å². The first-order valence-corrected chi connectivity index (χ1v) is 6.46. The fourth-order valence-electron chi connectivity index (χ4n) is 1.47. The maximum Gasteiger partial charge on any atom is 0.358 e. The number of hydrogen-bond acceptors (Lipinski definition) is 4. The Morgan fingerprint density at radius 2 is 2.33 bits per heavy atom. The highest BCUT2D eigenvalue weighted by atomic mass is 32.2. The molecule has 0 unspecified atom stereocenters. The van der Waals surface area contributed by atoms with Crippen LogP contribution in [0.2, 0.25) is 0 Å². The van der Waals surface area contributed by atoms with Crippen LogP contribution in [0.3, 0.4) is 0 Å². The average molecular weight is 263 g/mol. The Morgan fingerprint density at radius 3 is 3.00 bits per heavy atom. The van der Waals surface area contributed by atoms with Crippen LogP contribution in [-0.4, -0.2) is 31.8 Å². The zero-order valence-corrected chi connectivity index (χ0v) is 10.7. The molecule has 18 heavy (non-hydrogen) atoms. The zero-order chi connectivity index (χ0) is 13.0. The normalized spacial score (nSPS) is 10.5. The van der Waals surface area contributed by atoms with Crippen LogP contribution in [0.25, 0.3) is 0 Å². The molecule has 0 radical (unpaired) electrons. The van der Waals surface area contributed by atoms with E-state index in [4.69, 9.17) is 5.11 Å². The van der Waals surface area contributed by atoms with Gasteiger partial charge in [0, 0.05) is 10.6 Å². The van der Waals surface area contributed by atoms with E-state index in [1.165, 1.54) is 16.7 Å². The van der Waals surface area contributed by atoms with E-state index in [0.717, 1.165) is 5.75 Å². The van der Waals surface area contributed by atoms with E-state index in [-0.39, 0.29) is 5.69 Å². The van der Waals surface area contributed by atoms with Crippen LogP contribution in [0.4, 0.5) is 0 Å². The van der Waals surface area contributed by atoms with Crippen LogP contribution in [0.5, 0.6) is 0 Å². The molecular formula is C12H13N3O2S. The number of aromatic nitrogens is 3. The minimum absolute atomic E-state index is 0.0180. The van der Waals surface area contributed by atoms with Crippen LogP contribution in [0.15, 0.2) is 35.4 Å².